The number of carbonyl (C=O) groups is 1. The molecule has 20 heavy (non-hydrogen) atoms. The Morgan fingerprint density at radius 1 is 1.40 bits per heavy atom. The highest BCUT2D eigenvalue weighted by Crippen LogP contribution is 2.16. The average Bonchev–Trinajstić information content (AvgIpc) is 2.88. The molecule has 2 aliphatic heterocycles. The summed E-state index contributed by atoms with van der Waals surface area (Å²) in [6, 6.07) is 0.386. The Morgan fingerprint density at radius 3 is 2.85 bits per heavy atom. The van der Waals surface area contributed by atoms with Gasteiger partial charge in [0.05, 0.1) is 6.61 Å². The van der Waals surface area contributed by atoms with Crippen LogP contribution in [0, 0.1) is 5.92 Å². The molecule has 0 radical (unpaired) electrons. The van der Waals surface area contributed by atoms with Crippen molar-refractivity contribution in [3.63, 3.8) is 0 Å². The molecule has 0 spiro atoms. The molecule has 116 valence electrons. The molecule has 2 rings (SSSR count). The molecule has 2 atom stereocenters. The molecule has 2 heterocycles. The molecule has 0 aliphatic carbocycles. The van der Waals surface area contributed by atoms with Gasteiger partial charge in [-0.2, -0.15) is 0 Å². The number of likely N-dealkylation sites (tertiary alicyclic amines) is 1. The minimum atomic E-state index is -0.418. The van der Waals surface area contributed by atoms with Gasteiger partial charge in [0.25, 0.3) is 0 Å². The molecule has 1 amide bonds. The van der Waals surface area contributed by atoms with Crippen LogP contribution in [-0.2, 0) is 9.47 Å². The van der Waals surface area contributed by atoms with Crippen molar-refractivity contribution in [1.82, 2.24) is 10.2 Å². The van der Waals surface area contributed by atoms with Gasteiger partial charge in [0.2, 0.25) is 0 Å². The number of amides is 1. The lowest BCUT2D eigenvalue weighted by Gasteiger charge is -2.34. The van der Waals surface area contributed by atoms with Crippen molar-refractivity contribution in [2.75, 3.05) is 32.8 Å². The third kappa shape index (κ3) is 4.94. The normalized spacial score (nSPS) is 27.6. The smallest absolute Gasteiger partial charge is 0.410 e. The second kappa shape index (κ2) is 6.76. The first-order valence-corrected chi connectivity index (χ1v) is 7.73. The van der Waals surface area contributed by atoms with Crippen LogP contribution in [-0.4, -0.2) is 55.5 Å². The number of hydrogen-bond acceptors (Lipinski definition) is 4. The van der Waals surface area contributed by atoms with E-state index in [9.17, 15) is 4.79 Å². The van der Waals surface area contributed by atoms with Crippen molar-refractivity contribution < 1.29 is 14.3 Å². The van der Waals surface area contributed by atoms with Crippen molar-refractivity contribution in [2.24, 2.45) is 5.92 Å². The van der Waals surface area contributed by atoms with Gasteiger partial charge in [0.15, 0.2) is 0 Å². The third-order valence-electron chi connectivity index (χ3n) is 3.79. The molecule has 2 aliphatic rings. The molecule has 0 aromatic carbocycles. The fourth-order valence-corrected chi connectivity index (χ4v) is 2.71. The van der Waals surface area contributed by atoms with E-state index in [4.69, 9.17) is 9.47 Å². The largest absolute Gasteiger partial charge is 0.444 e. The van der Waals surface area contributed by atoms with E-state index < -0.39 is 5.60 Å². The summed E-state index contributed by atoms with van der Waals surface area (Å²) < 4.78 is 10.8. The number of carbonyl (C=O) groups excluding carboxylic acids is 1. The number of ether oxygens (including phenoxy) is 2. The van der Waals surface area contributed by atoms with Crippen molar-refractivity contribution >= 4 is 6.09 Å². The summed E-state index contributed by atoms with van der Waals surface area (Å²) in [5.74, 6) is 0.631. The molecule has 2 fully saturated rings. The summed E-state index contributed by atoms with van der Waals surface area (Å²) >= 11 is 0. The van der Waals surface area contributed by atoms with E-state index in [1.807, 2.05) is 25.7 Å². The minimum Gasteiger partial charge on any atom is -0.444 e. The maximum absolute atomic E-state index is 12.1. The molecule has 0 saturated carbocycles. The summed E-state index contributed by atoms with van der Waals surface area (Å²) in [6.07, 6.45) is 3.13. The molecule has 5 heteroatoms. The van der Waals surface area contributed by atoms with E-state index in [1.165, 1.54) is 0 Å². The third-order valence-corrected chi connectivity index (χ3v) is 3.79. The highest BCUT2D eigenvalue weighted by atomic mass is 16.6. The van der Waals surface area contributed by atoms with E-state index in [-0.39, 0.29) is 6.09 Å². The Bertz CT molecular complexity index is 322. The van der Waals surface area contributed by atoms with Gasteiger partial charge in [0, 0.05) is 32.3 Å². The van der Waals surface area contributed by atoms with Gasteiger partial charge < -0.3 is 19.7 Å². The Morgan fingerprint density at radius 2 is 2.20 bits per heavy atom. The fourth-order valence-electron chi connectivity index (χ4n) is 2.71. The maximum atomic E-state index is 12.1. The summed E-state index contributed by atoms with van der Waals surface area (Å²) in [5.41, 5.74) is -0.418. The zero-order valence-electron chi connectivity index (χ0n) is 13.0. The van der Waals surface area contributed by atoms with Crippen LogP contribution in [0.4, 0.5) is 4.79 Å². The van der Waals surface area contributed by atoms with Gasteiger partial charge >= 0.3 is 6.09 Å². The molecule has 0 aromatic heterocycles. The minimum absolute atomic E-state index is 0.187. The van der Waals surface area contributed by atoms with Crippen LogP contribution in [0.15, 0.2) is 0 Å². The van der Waals surface area contributed by atoms with Gasteiger partial charge in [0.1, 0.15) is 5.60 Å². The lowest BCUT2D eigenvalue weighted by molar-refractivity contribution is 0.0186. The quantitative estimate of drug-likeness (QED) is 0.861. The molecule has 0 bridgehead atoms. The zero-order valence-corrected chi connectivity index (χ0v) is 13.0. The number of nitrogens with zero attached hydrogens (tertiary/aromatic N) is 1. The lowest BCUT2D eigenvalue weighted by atomic mass is 10.0. The lowest BCUT2D eigenvalue weighted by Crippen LogP contribution is -2.50. The van der Waals surface area contributed by atoms with Gasteiger partial charge in [-0.1, -0.05) is 0 Å². The predicted octanol–water partition coefficient (Wildman–Crippen LogP) is 2.01. The Labute approximate surface area is 122 Å². The summed E-state index contributed by atoms with van der Waals surface area (Å²) in [4.78, 5) is 13.9. The van der Waals surface area contributed by atoms with E-state index in [2.05, 4.69) is 5.32 Å². The van der Waals surface area contributed by atoms with E-state index >= 15 is 0 Å². The number of hydrogen-bond donors (Lipinski definition) is 1. The van der Waals surface area contributed by atoms with Crippen LogP contribution in [0.5, 0.6) is 0 Å². The van der Waals surface area contributed by atoms with Crippen molar-refractivity contribution in [3.05, 3.63) is 0 Å². The summed E-state index contributed by atoms with van der Waals surface area (Å²) in [5, 5.41) is 3.58. The summed E-state index contributed by atoms with van der Waals surface area (Å²) in [6.45, 7) is 10.0. The summed E-state index contributed by atoms with van der Waals surface area (Å²) in [7, 11) is 0. The van der Waals surface area contributed by atoms with Gasteiger partial charge in [-0.3, -0.25) is 0 Å². The Balaban J connectivity index is 1.74. The number of piperidine rings is 1. The SMILES string of the molecule is CC(C)(C)OC(=O)N1CCCC(NCC2CCOC2)C1. The zero-order chi connectivity index (χ0) is 14.6. The van der Waals surface area contributed by atoms with Crippen LogP contribution < -0.4 is 5.32 Å². The van der Waals surface area contributed by atoms with Crippen LogP contribution in [0.1, 0.15) is 40.0 Å². The molecular weight excluding hydrogens is 256 g/mol. The van der Waals surface area contributed by atoms with Crippen molar-refractivity contribution in [3.8, 4) is 0 Å². The molecule has 5 nitrogen and oxygen atoms in total. The van der Waals surface area contributed by atoms with E-state index in [0.29, 0.717) is 12.0 Å². The van der Waals surface area contributed by atoms with Crippen molar-refractivity contribution in [1.29, 1.82) is 0 Å². The van der Waals surface area contributed by atoms with E-state index in [1.54, 1.807) is 0 Å². The molecule has 2 unspecified atom stereocenters. The van der Waals surface area contributed by atoms with Gasteiger partial charge in [-0.25, -0.2) is 4.79 Å². The highest BCUT2D eigenvalue weighted by Gasteiger charge is 2.28. The number of nitrogens with one attached hydrogen (secondary N) is 1. The van der Waals surface area contributed by atoms with Crippen LogP contribution >= 0.6 is 0 Å². The monoisotopic (exact) mass is 284 g/mol. The van der Waals surface area contributed by atoms with Gasteiger partial charge in [-0.05, 0) is 46.0 Å². The molecule has 1 N–H and O–H groups in total. The van der Waals surface area contributed by atoms with Crippen LogP contribution in [0.2, 0.25) is 0 Å². The Kier molecular flexibility index (Phi) is 5.27. The maximum Gasteiger partial charge on any atom is 0.410 e. The first-order valence-electron chi connectivity index (χ1n) is 7.73. The first-order chi connectivity index (χ1) is 9.44. The van der Waals surface area contributed by atoms with E-state index in [0.717, 1.165) is 52.1 Å². The fraction of sp³-hybridized carbons (Fsp3) is 0.933. The standard InChI is InChI=1S/C15H28N2O3/c1-15(2,3)20-14(18)17-7-4-5-13(10-17)16-9-12-6-8-19-11-12/h12-13,16H,4-11H2,1-3H3. The Hall–Kier alpha value is -0.810. The topological polar surface area (TPSA) is 50.8 Å². The van der Waals surface area contributed by atoms with Crippen molar-refractivity contribution in [2.45, 2.75) is 51.7 Å². The predicted molar refractivity (Wildman–Crippen MR) is 77.8 cm³/mol. The molecule has 0 aromatic rings. The average molecular weight is 284 g/mol. The first kappa shape index (κ1) is 15.6. The van der Waals surface area contributed by atoms with Crippen LogP contribution in [0.3, 0.4) is 0 Å². The van der Waals surface area contributed by atoms with Crippen LogP contribution in [0.25, 0.3) is 0 Å². The number of rotatable bonds is 3. The molecule has 2 saturated heterocycles. The molecular formula is C15H28N2O3. The highest BCUT2D eigenvalue weighted by molar-refractivity contribution is 5.68. The van der Waals surface area contributed by atoms with Gasteiger partial charge in [-0.15, -0.1) is 0 Å². The second-order valence-corrected chi connectivity index (χ2v) is 6.90. The second-order valence-electron chi connectivity index (χ2n) is 6.90.